The van der Waals surface area contributed by atoms with Gasteiger partial charge >= 0.3 is 0 Å². The summed E-state index contributed by atoms with van der Waals surface area (Å²) in [5, 5.41) is 11.4. The molecule has 0 spiro atoms. The highest BCUT2D eigenvalue weighted by Crippen LogP contribution is 2.20. The van der Waals surface area contributed by atoms with Crippen molar-refractivity contribution >= 4 is 18.1 Å². The molecule has 5 heteroatoms. The Labute approximate surface area is 142 Å². The van der Waals surface area contributed by atoms with Crippen LogP contribution < -0.4 is 10.1 Å². The van der Waals surface area contributed by atoms with Gasteiger partial charge in [0.2, 0.25) is 0 Å². The zero-order chi connectivity index (χ0) is 17.4. The van der Waals surface area contributed by atoms with E-state index >= 15 is 0 Å². The van der Waals surface area contributed by atoms with Gasteiger partial charge in [-0.1, -0.05) is 24.3 Å². The van der Waals surface area contributed by atoms with Crippen LogP contribution in [0.25, 0.3) is 12.2 Å². The van der Waals surface area contributed by atoms with E-state index in [-0.39, 0.29) is 19.1 Å². The van der Waals surface area contributed by atoms with E-state index in [4.69, 9.17) is 9.84 Å². The minimum Gasteiger partial charge on any atom is -0.478 e. The predicted octanol–water partition coefficient (Wildman–Crippen LogP) is 2.52. The first-order valence-electron chi connectivity index (χ1n) is 7.77. The second-order valence-corrected chi connectivity index (χ2v) is 5.77. The molecule has 0 bridgehead atoms. The summed E-state index contributed by atoms with van der Waals surface area (Å²) in [6.45, 7) is 3.50. The molecule has 1 heterocycles. The SMILES string of the molecule is CC(C)(Oc1ccc(/C=C/c2ccncc2)cc1)C(=O)NCCO. The molecule has 0 fully saturated rings. The number of aliphatic hydroxyl groups excluding tert-OH is 1. The molecule has 0 aliphatic carbocycles. The van der Waals surface area contributed by atoms with E-state index < -0.39 is 5.60 Å². The number of benzene rings is 1. The molecule has 0 saturated heterocycles. The number of pyridine rings is 1. The normalized spacial score (nSPS) is 11.5. The lowest BCUT2D eigenvalue weighted by Gasteiger charge is -2.25. The average molecular weight is 326 g/mol. The van der Waals surface area contributed by atoms with Crippen molar-refractivity contribution in [1.82, 2.24) is 10.3 Å². The summed E-state index contributed by atoms with van der Waals surface area (Å²) in [4.78, 5) is 16.0. The molecule has 2 N–H and O–H groups in total. The fourth-order valence-electron chi connectivity index (χ4n) is 2.04. The minimum absolute atomic E-state index is 0.0969. The van der Waals surface area contributed by atoms with Gasteiger partial charge in [-0.2, -0.15) is 0 Å². The summed E-state index contributed by atoms with van der Waals surface area (Å²) in [7, 11) is 0. The van der Waals surface area contributed by atoms with E-state index in [0.717, 1.165) is 11.1 Å². The van der Waals surface area contributed by atoms with Crippen molar-refractivity contribution in [2.45, 2.75) is 19.4 Å². The maximum absolute atomic E-state index is 12.0. The smallest absolute Gasteiger partial charge is 0.263 e. The number of rotatable bonds is 7. The van der Waals surface area contributed by atoms with Crippen molar-refractivity contribution in [1.29, 1.82) is 0 Å². The van der Waals surface area contributed by atoms with Gasteiger partial charge < -0.3 is 15.2 Å². The summed E-state index contributed by atoms with van der Waals surface area (Å²) in [5.41, 5.74) is 1.09. The Morgan fingerprint density at radius 3 is 2.29 bits per heavy atom. The second kappa shape index (κ2) is 8.26. The molecule has 0 radical (unpaired) electrons. The van der Waals surface area contributed by atoms with Gasteiger partial charge in [0.25, 0.3) is 5.91 Å². The van der Waals surface area contributed by atoms with E-state index in [0.29, 0.717) is 5.75 Å². The number of ether oxygens (including phenoxy) is 1. The minimum atomic E-state index is -1.01. The summed E-state index contributed by atoms with van der Waals surface area (Å²) in [6, 6.07) is 11.4. The summed E-state index contributed by atoms with van der Waals surface area (Å²) >= 11 is 0. The molecule has 24 heavy (non-hydrogen) atoms. The molecular weight excluding hydrogens is 304 g/mol. The molecule has 2 aromatic rings. The Balaban J connectivity index is 1.99. The van der Waals surface area contributed by atoms with Gasteiger partial charge in [0.05, 0.1) is 6.61 Å². The van der Waals surface area contributed by atoms with Crippen LogP contribution in [0.2, 0.25) is 0 Å². The van der Waals surface area contributed by atoms with Gasteiger partial charge in [0, 0.05) is 18.9 Å². The summed E-state index contributed by atoms with van der Waals surface area (Å²) in [6.07, 6.45) is 7.50. The zero-order valence-electron chi connectivity index (χ0n) is 13.9. The average Bonchev–Trinajstić information content (AvgIpc) is 2.59. The first kappa shape index (κ1) is 17.7. The molecule has 2 rings (SSSR count). The van der Waals surface area contributed by atoms with E-state index in [2.05, 4.69) is 10.3 Å². The Morgan fingerprint density at radius 2 is 1.71 bits per heavy atom. The van der Waals surface area contributed by atoms with Crippen molar-refractivity contribution in [3.05, 3.63) is 59.9 Å². The Hall–Kier alpha value is -2.66. The van der Waals surface area contributed by atoms with Gasteiger partial charge in [0.15, 0.2) is 5.60 Å². The largest absolute Gasteiger partial charge is 0.478 e. The van der Waals surface area contributed by atoms with Gasteiger partial charge in [-0.3, -0.25) is 9.78 Å². The molecular formula is C19H22N2O3. The molecule has 0 saturated carbocycles. The van der Waals surface area contributed by atoms with Crippen LogP contribution in [0.4, 0.5) is 0 Å². The number of carbonyl (C=O) groups excluding carboxylic acids is 1. The van der Waals surface area contributed by atoms with Gasteiger partial charge in [-0.15, -0.1) is 0 Å². The number of hydrogen-bond acceptors (Lipinski definition) is 4. The molecule has 1 amide bonds. The Morgan fingerprint density at radius 1 is 1.12 bits per heavy atom. The van der Waals surface area contributed by atoms with Crippen LogP contribution in [-0.2, 0) is 4.79 Å². The van der Waals surface area contributed by atoms with Gasteiger partial charge in [-0.25, -0.2) is 0 Å². The van der Waals surface area contributed by atoms with Crippen LogP contribution in [0.1, 0.15) is 25.0 Å². The quantitative estimate of drug-likeness (QED) is 0.820. The number of nitrogens with zero attached hydrogens (tertiary/aromatic N) is 1. The van der Waals surface area contributed by atoms with Crippen molar-refractivity contribution in [2.24, 2.45) is 0 Å². The third-order valence-corrected chi connectivity index (χ3v) is 3.37. The maximum atomic E-state index is 12.0. The van der Waals surface area contributed by atoms with Crippen LogP contribution in [0.15, 0.2) is 48.8 Å². The zero-order valence-corrected chi connectivity index (χ0v) is 13.9. The Kier molecular flexibility index (Phi) is 6.09. The standard InChI is InChI=1S/C19H22N2O3/c1-19(2,18(23)21-13-14-22)24-17-7-5-15(6-8-17)3-4-16-9-11-20-12-10-16/h3-12,22H,13-14H2,1-2H3,(H,21,23)/b4-3+. The van der Waals surface area contributed by atoms with E-state index in [1.54, 1.807) is 26.2 Å². The third kappa shape index (κ3) is 5.21. The van der Waals surface area contributed by atoms with Crippen molar-refractivity contribution < 1.29 is 14.6 Å². The summed E-state index contributed by atoms with van der Waals surface area (Å²) < 4.78 is 5.75. The fraction of sp³-hybridized carbons (Fsp3) is 0.263. The molecule has 126 valence electrons. The fourth-order valence-corrected chi connectivity index (χ4v) is 2.04. The molecule has 0 aliphatic heterocycles. The number of aromatic nitrogens is 1. The number of amides is 1. The summed E-state index contributed by atoms with van der Waals surface area (Å²) in [5.74, 6) is 0.346. The number of nitrogens with one attached hydrogen (secondary N) is 1. The lowest BCUT2D eigenvalue weighted by molar-refractivity contribution is -0.134. The van der Waals surface area contributed by atoms with Crippen LogP contribution in [0.5, 0.6) is 5.75 Å². The lowest BCUT2D eigenvalue weighted by Crippen LogP contribution is -2.47. The molecule has 1 aromatic carbocycles. The van der Waals surface area contributed by atoms with E-state index in [1.807, 2.05) is 48.6 Å². The molecule has 0 unspecified atom stereocenters. The van der Waals surface area contributed by atoms with Gasteiger partial charge in [0.1, 0.15) is 5.75 Å². The van der Waals surface area contributed by atoms with E-state index in [9.17, 15) is 4.79 Å². The maximum Gasteiger partial charge on any atom is 0.263 e. The van der Waals surface area contributed by atoms with Gasteiger partial charge in [-0.05, 0) is 49.2 Å². The first-order chi connectivity index (χ1) is 11.5. The highest BCUT2D eigenvalue weighted by molar-refractivity contribution is 5.84. The van der Waals surface area contributed by atoms with Crippen molar-refractivity contribution in [2.75, 3.05) is 13.2 Å². The first-order valence-corrected chi connectivity index (χ1v) is 7.77. The number of hydrogen-bond donors (Lipinski definition) is 2. The van der Waals surface area contributed by atoms with Crippen molar-refractivity contribution in [3.8, 4) is 5.75 Å². The van der Waals surface area contributed by atoms with Crippen LogP contribution in [0, 0.1) is 0 Å². The molecule has 5 nitrogen and oxygen atoms in total. The second-order valence-electron chi connectivity index (χ2n) is 5.77. The van der Waals surface area contributed by atoms with Crippen LogP contribution in [-0.4, -0.2) is 34.8 Å². The topological polar surface area (TPSA) is 71.5 Å². The van der Waals surface area contributed by atoms with Crippen LogP contribution >= 0.6 is 0 Å². The highest BCUT2D eigenvalue weighted by atomic mass is 16.5. The highest BCUT2D eigenvalue weighted by Gasteiger charge is 2.29. The van der Waals surface area contributed by atoms with Crippen LogP contribution in [0.3, 0.4) is 0 Å². The van der Waals surface area contributed by atoms with Crippen molar-refractivity contribution in [3.63, 3.8) is 0 Å². The Bertz CT molecular complexity index is 680. The number of carbonyl (C=O) groups is 1. The molecule has 1 aromatic heterocycles. The monoisotopic (exact) mass is 326 g/mol. The molecule has 0 atom stereocenters. The number of aliphatic hydroxyl groups is 1. The third-order valence-electron chi connectivity index (χ3n) is 3.37. The van der Waals surface area contributed by atoms with E-state index in [1.165, 1.54) is 0 Å². The lowest BCUT2D eigenvalue weighted by atomic mass is 10.1. The predicted molar refractivity (Wildman–Crippen MR) is 94.4 cm³/mol. The molecule has 0 aliphatic rings.